The van der Waals surface area contributed by atoms with Gasteiger partial charge in [-0.2, -0.15) is 0 Å². The summed E-state index contributed by atoms with van der Waals surface area (Å²) >= 11 is 1.72. The van der Waals surface area contributed by atoms with Crippen molar-refractivity contribution in [1.82, 2.24) is 10.3 Å². The molecule has 0 spiro atoms. The highest BCUT2D eigenvalue weighted by Gasteiger charge is 2.35. The van der Waals surface area contributed by atoms with Crippen LogP contribution in [0.3, 0.4) is 0 Å². The minimum atomic E-state index is 0.154. The van der Waals surface area contributed by atoms with Gasteiger partial charge in [0.25, 0.3) is 0 Å². The molecule has 2 N–H and O–H groups in total. The van der Waals surface area contributed by atoms with E-state index in [2.05, 4.69) is 15.2 Å². The topological polar surface area (TPSA) is 57.6 Å². The van der Waals surface area contributed by atoms with Crippen molar-refractivity contribution in [2.75, 3.05) is 44.4 Å². The summed E-state index contributed by atoms with van der Waals surface area (Å²) in [6, 6.07) is 0.581. The zero-order valence-electron chi connectivity index (χ0n) is 12.5. The van der Waals surface area contributed by atoms with Crippen molar-refractivity contribution in [3.63, 3.8) is 0 Å². The van der Waals surface area contributed by atoms with Crippen molar-refractivity contribution in [3.05, 3.63) is 11.6 Å². The Kier molecular flexibility index (Phi) is 5.11. The van der Waals surface area contributed by atoms with E-state index in [1.165, 1.54) is 0 Å². The molecular formula is C15H25N3O2S. The van der Waals surface area contributed by atoms with Crippen LogP contribution in [0.25, 0.3) is 0 Å². The summed E-state index contributed by atoms with van der Waals surface area (Å²) in [5.41, 5.74) is 0.154. The fraction of sp³-hybridized carbons (Fsp3) is 0.800. The fourth-order valence-corrected chi connectivity index (χ4v) is 4.02. The van der Waals surface area contributed by atoms with E-state index in [1.807, 2.05) is 11.6 Å². The van der Waals surface area contributed by atoms with Crippen LogP contribution in [0.2, 0.25) is 0 Å². The third kappa shape index (κ3) is 3.74. The molecule has 6 heteroatoms. The molecule has 3 heterocycles. The summed E-state index contributed by atoms with van der Waals surface area (Å²) < 4.78 is 5.55. The Labute approximate surface area is 130 Å². The number of rotatable bonds is 6. The lowest BCUT2D eigenvalue weighted by molar-refractivity contribution is 0.121. The number of nitrogens with zero attached hydrogens (tertiary/aromatic N) is 2. The summed E-state index contributed by atoms with van der Waals surface area (Å²) in [6.45, 7) is 5.01. The van der Waals surface area contributed by atoms with Gasteiger partial charge in [0.15, 0.2) is 5.13 Å². The highest BCUT2D eigenvalue weighted by molar-refractivity contribution is 7.13. The molecule has 118 valence electrons. The number of anilines is 1. The minimum Gasteiger partial charge on any atom is -0.396 e. The van der Waals surface area contributed by atoms with E-state index in [-0.39, 0.29) is 12.0 Å². The summed E-state index contributed by atoms with van der Waals surface area (Å²) in [6.07, 6.45) is 6.12. The molecule has 0 aromatic carbocycles. The number of aliphatic hydroxyl groups excluding tert-OH is 1. The summed E-state index contributed by atoms with van der Waals surface area (Å²) in [5.74, 6) is 0. The average molecular weight is 311 g/mol. The monoisotopic (exact) mass is 311 g/mol. The van der Waals surface area contributed by atoms with Crippen LogP contribution in [-0.2, 0) is 4.74 Å². The smallest absolute Gasteiger partial charge is 0.185 e. The number of hydrogen-bond donors (Lipinski definition) is 2. The first-order chi connectivity index (χ1) is 10.3. The van der Waals surface area contributed by atoms with Gasteiger partial charge >= 0.3 is 0 Å². The van der Waals surface area contributed by atoms with Crippen LogP contribution in [0.1, 0.15) is 25.7 Å². The van der Waals surface area contributed by atoms with E-state index in [0.717, 1.165) is 63.7 Å². The van der Waals surface area contributed by atoms with Gasteiger partial charge in [-0.1, -0.05) is 0 Å². The molecule has 0 bridgehead atoms. The Morgan fingerprint density at radius 1 is 1.48 bits per heavy atom. The van der Waals surface area contributed by atoms with Crippen LogP contribution in [0.4, 0.5) is 5.13 Å². The van der Waals surface area contributed by atoms with Gasteiger partial charge in [0.2, 0.25) is 0 Å². The zero-order valence-corrected chi connectivity index (χ0v) is 13.3. The van der Waals surface area contributed by atoms with Crippen LogP contribution in [0.15, 0.2) is 11.6 Å². The maximum atomic E-state index is 9.27. The largest absolute Gasteiger partial charge is 0.396 e. The molecule has 2 saturated heterocycles. The number of hydrogen-bond acceptors (Lipinski definition) is 6. The first kappa shape index (κ1) is 15.2. The first-order valence-electron chi connectivity index (χ1n) is 7.88. The lowest BCUT2D eigenvalue weighted by atomic mass is 9.83. The quantitative estimate of drug-likeness (QED) is 0.833. The minimum absolute atomic E-state index is 0.154. The molecule has 1 atom stereocenters. The summed E-state index contributed by atoms with van der Waals surface area (Å²) in [4.78, 5) is 6.77. The maximum Gasteiger partial charge on any atom is 0.185 e. The van der Waals surface area contributed by atoms with Gasteiger partial charge in [-0.05, 0) is 25.7 Å². The van der Waals surface area contributed by atoms with E-state index in [4.69, 9.17) is 4.74 Å². The number of piperidine rings is 1. The lowest BCUT2D eigenvalue weighted by Gasteiger charge is -2.35. The molecule has 3 rings (SSSR count). The van der Waals surface area contributed by atoms with Crippen LogP contribution in [-0.4, -0.2) is 55.6 Å². The molecule has 5 nitrogen and oxygen atoms in total. The predicted molar refractivity (Wildman–Crippen MR) is 84.9 cm³/mol. The second kappa shape index (κ2) is 7.05. The maximum absolute atomic E-state index is 9.27. The van der Waals surface area contributed by atoms with E-state index < -0.39 is 0 Å². The molecule has 0 unspecified atom stereocenters. The Hall–Kier alpha value is -0.690. The number of thiazole rings is 1. The van der Waals surface area contributed by atoms with Crippen molar-refractivity contribution < 1.29 is 9.84 Å². The third-order valence-electron chi connectivity index (χ3n) is 4.78. The van der Waals surface area contributed by atoms with Crippen molar-refractivity contribution in [2.45, 2.75) is 31.7 Å². The van der Waals surface area contributed by atoms with Gasteiger partial charge in [0.1, 0.15) is 0 Å². The lowest BCUT2D eigenvalue weighted by Crippen LogP contribution is -2.46. The van der Waals surface area contributed by atoms with Crippen molar-refractivity contribution in [1.29, 1.82) is 0 Å². The Balaban J connectivity index is 1.45. The van der Waals surface area contributed by atoms with E-state index >= 15 is 0 Å². The Bertz CT molecular complexity index is 413. The second-order valence-corrected chi connectivity index (χ2v) is 7.11. The third-order valence-corrected chi connectivity index (χ3v) is 5.61. The van der Waals surface area contributed by atoms with Gasteiger partial charge < -0.3 is 20.1 Å². The summed E-state index contributed by atoms with van der Waals surface area (Å²) in [7, 11) is 0. The number of ether oxygens (including phenoxy) is 1. The molecule has 21 heavy (non-hydrogen) atoms. The molecule has 2 aliphatic rings. The van der Waals surface area contributed by atoms with E-state index in [0.29, 0.717) is 6.04 Å². The average Bonchev–Trinajstić information content (AvgIpc) is 3.18. The SMILES string of the molecule is OCC[C@]1(CNC2CCN(c3nccs3)CC2)CCOC1. The first-order valence-corrected chi connectivity index (χ1v) is 8.76. The highest BCUT2D eigenvalue weighted by atomic mass is 32.1. The molecule has 2 fully saturated rings. The number of aromatic nitrogens is 1. The Morgan fingerprint density at radius 2 is 2.33 bits per heavy atom. The van der Waals surface area contributed by atoms with Gasteiger partial charge in [-0.15, -0.1) is 11.3 Å². The van der Waals surface area contributed by atoms with Gasteiger partial charge in [0, 0.05) is 55.9 Å². The van der Waals surface area contributed by atoms with Gasteiger partial charge in [-0.25, -0.2) is 4.98 Å². The van der Waals surface area contributed by atoms with Gasteiger partial charge in [-0.3, -0.25) is 0 Å². The standard InChI is InChI=1S/C15H25N3O2S/c19-8-3-15(4-9-20-12-15)11-17-13-1-6-18(7-2-13)14-16-5-10-21-14/h5,10,13,17,19H,1-4,6-9,11-12H2/t15-/m1/s1. The van der Waals surface area contributed by atoms with Gasteiger partial charge in [0.05, 0.1) is 6.61 Å². The van der Waals surface area contributed by atoms with E-state index in [9.17, 15) is 5.11 Å². The predicted octanol–water partition coefficient (Wildman–Crippen LogP) is 1.49. The molecule has 0 amide bonds. The molecule has 2 aliphatic heterocycles. The Morgan fingerprint density at radius 3 is 2.95 bits per heavy atom. The molecule has 1 aromatic rings. The molecule has 1 aromatic heterocycles. The van der Waals surface area contributed by atoms with Crippen molar-refractivity contribution >= 4 is 16.5 Å². The van der Waals surface area contributed by atoms with Crippen molar-refractivity contribution in [2.24, 2.45) is 5.41 Å². The number of aliphatic hydroxyl groups is 1. The molecular weight excluding hydrogens is 286 g/mol. The van der Waals surface area contributed by atoms with Crippen LogP contribution in [0, 0.1) is 5.41 Å². The molecule has 0 radical (unpaired) electrons. The van der Waals surface area contributed by atoms with Crippen molar-refractivity contribution in [3.8, 4) is 0 Å². The molecule has 0 saturated carbocycles. The summed E-state index contributed by atoms with van der Waals surface area (Å²) in [5, 5.41) is 16.2. The molecule has 0 aliphatic carbocycles. The van der Waals surface area contributed by atoms with E-state index in [1.54, 1.807) is 11.3 Å². The van der Waals surface area contributed by atoms with Crippen LogP contribution >= 0.6 is 11.3 Å². The highest BCUT2D eigenvalue weighted by Crippen LogP contribution is 2.32. The fourth-order valence-electron chi connectivity index (χ4n) is 3.32. The second-order valence-electron chi connectivity index (χ2n) is 6.23. The number of nitrogens with one attached hydrogen (secondary N) is 1. The van der Waals surface area contributed by atoms with Crippen LogP contribution < -0.4 is 10.2 Å². The zero-order chi connectivity index (χ0) is 14.5. The normalized spacial score (nSPS) is 27.4. The van der Waals surface area contributed by atoms with Crippen LogP contribution in [0.5, 0.6) is 0 Å².